The molecule has 0 saturated carbocycles. The number of carbonyl (C=O) groups excluding carboxylic acids is 1. The molecular formula is C32H35F2N3O3S. The Kier molecular flexibility index (Phi) is 10.2. The number of fused-ring (bicyclic) bond motifs is 1. The van der Waals surface area contributed by atoms with Gasteiger partial charge in [0.1, 0.15) is 23.3 Å². The number of amides is 1. The van der Waals surface area contributed by atoms with Crippen molar-refractivity contribution >= 4 is 22.7 Å². The summed E-state index contributed by atoms with van der Waals surface area (Å²) in [6.07, 6.45) is 4.90. The van der Waals surface area contributed by atoms with Crippen molar-refractivity contribution in [2.24, 2.45) is 4.99 Å². The molecule has 1 aliphatic heterocycles. The first-order chi connectivity index (χ1) is 19.8. The van der Waals surface area contributed by atoms with Crippen LogP contribution in [-0.4, -0.2) is 40.6 Å². The second-order valence-electron chi connectivity index (χ2n) is 9.67. The summed E-state index contributed by atoms with van der Waals surface area (Å²) < 4.78 is 36.4. The van der Waals surface area contributed by atoms with Gasteiger partial charge in [-0.25, -0.2) is 8.78 Å². The van der Waals surface area contributed by atoms with Crippen LogP contribution in [0.1, 0.15) is 66.7 Å². The SMILES string of the molecule is CC/C=C(/SC(=NC)c1cn2c(c(OCc3ccccc3)c1=O)C(=O)N(CC)CC2)C(CC)c1ccc(F)cc1F. The zero-order chi connectivity index (χ0) is 29.5. The van der Waals surface area contributed by atoms with E-state index < -0.39 is 17.1 Å². The molecule has 1 atom stereocenters. The lowest BCUT2D eigenvalue weighted by molar-refractivity contribution is 0.0704. The largest absolute Gasteiger partial charge is 0.483 e. The van der Waals surface area contributed by atoms with Gasteiger partial charge < -0.3 is 14.2 Å². The fourth-order valence-electron chi connectivity index (χ4n) is 4.98. The van der Waals surface area contributed by atoms with Crippen LogP contribution in [0.5, 0.6) is 5.75 Å². The molecule has 216 valence electrons. The molecule has 9 heteroatoms. The van der Waals surface area contributed by atoms with Gasteiger partial charge in [0.2, 0.25) is 5.43 Å². The number of thioether (sulfide) groups is 1. The normalized spacial score (nSPS) is 14.7. The Morgan fingerprint density at radius 3 is 2.49 bits per heavy atom. The average molecular weight is 580 g/mol. The Balaban J connectivity index is 1.77. The van der Waals surface area contributed by atoms with E-state index in [4.69, 9.17) is 4.74 Å². The van der Waals surface area contributed by atoms with Crippen molar-refractivity contribution < 1.29 is 18.3 Å². The summed E-state index contributed by atoms with van der Waals surface area (Å²) in [5.74, 6) is -1.86. The van der Waals surface area contributed by atoms with Gasteiger partial charge >= 0.3 is 0 Å². The molecule has 0 radical (unpaired) electrons. The summed E-state index contributed by atoms with van der Waals surface area (Å²) in [5, 5.41) is 0.431. The minimum atomic E-state index is -0.633. The molecule has 0 saturated heterocycles. The predicted octanol–water partition coefficient (Wildman–Crippen LogP) is 6.78. The summed E-state index contributed by atoms with van der Waals surface area (Å²) in [4.78, 5) is 34.4. The number of ether oxygens (including phenoxy) is 1. The quantitative estimate of drug-likeness (QED) is 0.196. The first-order valence-electron chi connectivity index (χ1n) is 13.9. The fraction of sp³-hybridized carbons (Fsp3) is 0.344. The van der Waals surface area contributed by atoms with Gasteiger partial charge in [-0.1, -0.05) is 68.1 Å². The van der Waals surface area contributed by atoms with Crippen LogP contribution in [0, 0.1) is 11.6 Å². The zero-order valence-electron chi connectivity index (χ0n) is 23.8. The Hall–Kier alpha value is -3.72. The molecule has 0 N–H and O–H groups in total. The standard InChI is InChI=1S/C32H35F2N3O3S/c1-5-11-27(23(6-2)24-15-14-22(33)18-26(24)34)41-31(35-4)25-19-37-17-16-36(7-3)32(39)28(37)30(29(25)38)40-20-21-12-9-8-10-13-21/h8-15,18-19,23H,5-7,16-17,20H2,1-4H3/b27-11+,35-31?. The van der Waals surface area contributed by atoms with E-state index in [1.54, 1.807) is 22.7 Å². The van der Waals surface area contributed by atoms with Crippen LogP contribution < -0.4 is 10.2 Å². The molecule has 6 nitrogen and oxygen atoms in total. The second-order valence-corrected chi connectivity index (χ2v) is 10.7. The number of likely N-dealkylation sites (N-methyl/N-ethyl adjacent to an activating group) is 1. The molecule has 1 aromatic heterocycles. The number of carbonyl (C=O) groups is 1. The summed E-state index contributed by atoms with van der Waals surface area (Å²) in [7, 11) is 1.60. The number of pyridine rings is 1. The van der Waals surface area contributed by atoms with E-state index in [2.05, 4.69) is 4.99 Å². The van der Waals surface area contributed by atoms with Crippen LogP contribution in [0.25, 0.3) is 0 Å². The summed E-state index contributed by atoms with van der Waals surface area (Å²) in [5.41, 5.74) is 1.36. The monoisotopic (exact) mass is 579 g/mol. The minimum Gasteiger partial charge on any atom is -0.483 e. The summed E-state index contributed by atoms with van der Waals surface area (Å²) in [6.45, 7) is 7.48. The molecular weight excluding hydrogens is 544 g/mol. The molecule has 1 amide bonds. The number of hydrogen-bond acceptors (Lipinski definition) is 5. The van der Waals surface area contributed by atoms with Gasteiger partial charge in [0, 0.05) is 44.9 Å². The third-order valence-electron chi connectivity index (χ3n) is 7.09. The van der Waals surface area contributed by atoms with Crippen LogP contribution in [-0.2, 0) is 13.2 Å². The average Bonchev–Trinajstić information content (AvgIpc) is 2.97. The Morgan fingerprint density at radius 1 is 1.10 bits per heavy atom. The highest BCUT2D eigenvalue weighted by Crippen LogP contribution is 2.39. The molecule has 0 spiro atoms. The van der Waals surface area contributed by atoms with Crippen molar-refractivity contribution in [2.75, 3.05) is 20.1 Å². The third-order valence-corrected chi connectivity index (χ3v) is 8.37. The topological polar surface area (TPSA) is 63.9 Å². The maximum Gasteiger partial charge on any atom is 0.274 e. The van der Waals surface area contributed by atoms with E-state index >= 15 is 0 Å². The van der Waals surface area contributed by atoms with Crippen LogP contribution in [0.15, 0.2) is 75.5 Å². The number of aliphatic imine (C=N–C) groups is 1. The number of benzene rings is 2. The molecule has 0 aliphatic carbocycles. The highest BCUT2D eigenvalue weighted by atomic mass is 32.2. The third kappa shape index (κ3) is 6.62. The maximum absolute atomic E-state index is 14.8. The molecule has 1 unspecified atom stereocenters. The van der Waals surface area contributed by atoms with Crippen LogP contribution in [0.4, 0.5) is 8.78 Å². The number of rotatable bonds is 10. The van der Waals surface area contributed by atoms with Gasteiger partial charge in [0.05, 0.1) is 5.56 Å². The zero-order valence-corrected chi connectivity index (χ0v) is 24.6. The number of nitrogens with zero attached hydrogens (tertiary/aromatic N) is 3. The fourth-order valence-corrected chi connectivity index (χ4v) is 6.24. The number of allylic oxidation sites excluding steroid dienone is 2. The lowest BCUT2D eigenvalue weighted by atomic mass is 9.95. The Bertz CT molecular complexity index is 1520. The number of halogens is 2. The van der Waals surface area contributed by atoms with Crippen LogP contribution >= 0.6 is 11.8 Å². The predicted molar refractivity (Wildman–Crippen MR) is 161 cm³/mol. The van der Waals surface area contributed by atoms with Gasteiger partial charge in [0.15, 0.2) is 11.4 Å². The molecule has 2 heterocycles. The highest BCUT2D eigenvalue weighted by Gasteiger charge is 2.31. The first-order valence-corrected chi connectivity index (χ1v) is 14.7. The lowest BCUT2D eigenvalue weighted by Crippen LogP contribution is -2.42. The molecule has 0 bridgehead atoms. The van der Waals surface area contributed by atoms with E-state index in [0.717, 1.165) is 16.5 Å². The van der Waals surface area contributed by atoms with E-state index in [9.17, 15) is 18.4 Å². The van der Waals surface area contributed by atoms with E-state index in [0.29, 0.717) is 48.6 Å². The Morgan fingerprint density at radius 2 is 1.85 bits per heavy atom. The van der Waals surface area contributed by atoms with Crippen LogP contribution in [0.2, 0.25) is 0 Å². The van der Waals surface area contributed by atoms with Crippen molar-refractivity contribution in [2.45, 2.75) is 52.7 Å². The smallest absolute Gasteiger partial charge is 0.274 e. The van der Waals surface area contributed by atoms with Gasteiger partial charge in [-0.2, -0.15) is 0 Å². The van der Waals surface area contributed by atoms with Crippen molar-refractivity contribution in [1.82, 2.24) is 9.47 Å². The molecule has 0 fully saturated rings. The highest BCUT2D eigenvalue weighted by molar-refractivity contribution is 8.17. The number of hydrogen-bond donors (Lipinski definition) is 0. The van der Waals surface area contributed by atoms with Gasteiger partial charge in [-0.15, -0.1) is 0 Å². The second kappa shape index (κ2) is 13.8. The van der Waals surface area contributed by atoms with Crippen molar-refractivity contribution in [3.8, 4) is 5.75 Å². The number of aromatic nitrogens is 1. The minimum absolute atomic E-state index is 0.00565. The van der Waals surface area contributed by atoms with Crippen molar-refractivity contribution in [3.05, 3.63) is 110 Å². The molecule has 2 aromatic carbocycles. The molecule has 41 heavy (non-hydrogen) atoms. The molecule has 1 aliphatic rings. The Labute approximate surface area is 243 Å². The van der Waals surface area contributed by atoms with E-state index in [-0.39, 0.29) is 29.9 Å². The molecule has 3 aromatic rings. The van der Waals surface area contributed by atoms with Crippen LogP contribution in [0.3, 0.4) is 0 Å². The van der Waals surface area contributed by atoms with E-state index in [1.807, 2.05) is 57.2 Å². The summed E-state index contributed by atoms with van der Waals surface area (Å²) >= 11 is 1.29. The van der Waals surface area contributed by atoms with Gasteiger partial charge in [-0.3, -0.25) is 14.6 Å². The maximum atomic E-state index is 14.8. The van der Waals surface area contributed by atoms with Crippen molar-refractivity contribution in [1.29, 1.82) is 0 Å². The van der Waals surface area contributed by atoms with Crippen molar-refractivity contribution in [3.63, 3.8) is 0 Å². The van der Waals surface area contributed by atoms with Gasteiger partial charge in [0.25, 0.3) is 5.91 Å². The lowest BCUT2D eigenvalue weighted by Gasteiger charge is -2.30. The molecule has 4 rings (SSSR count). The summed E-state index contributed by atoms with van der Waals surface area (Å²) in [6, 6.07) is 13.1. The van der Waals surface area contributed by atoms with Gasteiger partial charge in [-0.05, 0) is 41.9 Å². The first kappa shape index (κ1) is 30.2. The van der Waals surface area contributed by atoms with E-state index in [1.165, 1.54) is 23.9 Å².